The van der Waals surface area contributed by atoms with Gasteiger partial charge < -0.3 is 23.0 Å². The Morgan fingerprint density at radius 1 is 0.969 bits per heavy atom. The van der Waals surface area contributed by atoms with Crippen molar-refractivity contribution in [2.75, 3.05) is 6.61 Å². The van der Waals surface area contributed by atoms with E-state index in [0.717, 1.165) is 0 Å². The number of fused-ring (bicyclic) bond motifs is 1. The summed E-state index contributed by atoms with van der Waals surface area (Å²) in [5.74, 6) is -0.213. The van der Waals surface area contributed by atoms with Crippen molar-refractivity contribution in [3.8, 4) is 0 Å². The molecule has 3 atom stereocenters. The van der Waals surface area contributed by atoms with E-state index >= 15 is 0 Å². The van der Waals surface area contributed by atoms with E-state index < -0.39 is 41.0 Å². The highest BCUT2D eigenvalue weighted by atomic mass is 28.5. The number of ketones is 1. The molecular weight excluding hydrogens is 442 g/mol. The van der Waals surface area contributed by atoms with E-state index in [9.17, 15) is 9.59 Å². The molecule has 0 radical (unpaired) electrons. The van der Waals surface area contributed by atoms with E-state index in [-0.39, 0.29) is 33.9 Å². The van der Waals surface area contributed by atoms with Gasteiger partial charge in [-0.05, 0) is 49.4 Å². The minimum atomic E-state index is -2.84. The molecule has 1 aliphatic carbocycles. The predicted molar refractivity (Wildman–Crippen MR) is 130 cm³/mol. The number of rotatable bonds is 5. The number of ether oxygens (including phenoxy) is 1. The zero-order chi connectivity index (χ0) is 24.6. The Balaban J connectivity index is 2.41. The quantitative estimate of drug-likeness (QED) is 0.521. The summed E-state index contributed by atoms with van der Waals surface area (Å²) in [6.45, 7) is 23.1. The third kappa shape index (κ3) is 5.48. The lowest BCUT2D eigenvalue weighted by Crippen LogP contribution is -2.65. The monoisotopic (exact) mass is 487 g/mol. The highest BCUT2D eigenvalue weighted by Gasteiger charge is 2.61. The number of alkyl carbamates (subject to hydrolysis) is 1. The van der Waals surface area contributed by atoms with Crippen molar-refractivity contribution in [2.45, 2.75) is 122 Å². The Hall–Kier alpha value is -0.746. The number of nitrogens with one attached hydrogen (secondary N) is 1. The number of amides is 1. The lowest BCUT2D eigenvalue weighted by atomic mass is 10.1. The van der Waals surface area contributed by atoms with Crippen LogP contribution in [0, 0.1) is 5.92 Å². The molecule has 9 heteroatoms. The fourth-order valence-electron chi connectivity index (χ4n) is 5.01. The Kier molecular flexibility index (Phi) is 8.47. The average Bonchev–Trinajstić information content (AvgIpc) is 2.87. The first-order valence-corrected chi connectivity index (χ1v) is 16.0. The van der Waals surface area contributed by atoms with Gasteiger partial charge in [-0.3, -0.25) is 4.79 Å². The van der Waals surface area contributed by atoms with Crippen molar-refractivity contribution in [3.05, 3.63) is 0 Å². The van der Waals surface area contributed by atoms with Crippen LogP contribution in [0.1, 0.15) is 82.6 Å². The molecule has 1 aliphatic heterocycles. The van der Waals surface area contributed by atoms with Crippen molar-refractivity contribution >= 4 is 29.0 Å². The summed E-state index contributed by atoms with van der Waals surface area (Å²) in [5.41, 5.74) is 0.178. The SMILES string of the molecule is CC(C)[Si]1(C(C)C)OC[C@H]2CC(NC(=O)OC(C)(C)C)C(=O)[C@@H]2O[Si](C(C)C)(C(C)C)O1. The van der Waals surface area contributed by atoms with Gasteiger partial charge in [0, 0.05) is 12.5 Å². The maximum atomic E-state index is 13.4. The van der Waals surface area contributed by atoms with Crippen LogP contribution >= 0.6 is 0 Å². The Morgan fingerprint density at radius 3 is 1.91 bits per heavy atom. The number of hydrogen-bond donors (Lipinski definition) is 1. The van der Waals surface area contributed by atoms with Crippen LogP contribution in [0.25, 0.3) is 0 Å². The molecule has 0 aromatic carbocycles. The molecule has 0 aromatic rings. The van der Waals surface area contributed by atoms with Gasteiger partial charge in [0.1, 0.15) is 11.7 Å². The molecule has 7 nitrogen and oxygen atoms in total. The summed E-state index contributed by atoms with van der Waals surface area (Å²) in [4.78, 5) is 25.8. The van der Waals surface area contributed by atoms with Crippen molar-refractivity contribution in [3.63, 3.8) is 0 Å². The smallest absolute Gasteiger partial charge is 0.408 e. The van der Waals surface area contributed by atoms with Crippen LogP contribution in [0.2, 0.25) is 22.2 Å². The Morgan fingerprint density at radius 2 is 1.47 bits per heavy atom. The first kappa shape index (κ1) is 27.5. The van der Waals surface area contributed by atoms with Gasteiger partial charge in [-0.2, -0.15) is 0 Å². The molecule has 1 unspecified atom stereocenters. The summed E-state index contributed by atoms with van der Waals surface area (Å²) < 4.78 is 26.1. The second-order valence-electron chi connectivity index (χ2n) is 11.6. The van der Waals surface area contributed by atoms with E-state index in [4.69, 9.17) is 17.7 Å². The number of hydrogen-bond acceptors (Lipinski definition) is 6. The first-order valence-electron chi connectivity index (χ1n) is 12.1. The van der Waals surface area contributed by atoms with E-state index in [1.165, 1.54) is 0 Å². The van der Waals surface area contributed by atoms with Crippen LogP contribution < -0.4 is 5.32 Å². The molecule has 2 aliphatic rings. The van der Waals surface area contributed by atoms with E-state index in [0.29, 0.717) is 13.0 Å². The maximum absolute atomic E-state index is 13.4. The molecule has 1 heterocycles. The van der Waals surface area contributed by atoms with Gasteiger partial charge in [0.2, 0.25) is 0 Å². The molecule has 1 saturated carbocycles. The molecule has 186 valence electrons. The van der Waals surface area contributed by atoms with Crippen molar-refractivity contribution < 1.29 is 27.3 Å². The van der Waals surface area contributed by atoms with Gasteiger partial charge in [-0.25, -0.2) is 4.79 Å². The fraction of sp³-hybridized carbons (Fsp3) is 0.913. The molecule has 32 heavy (non-hydrogen) atoms. The van der Waals surface area contributed by atoms with Crippen molar-refractivity contribution in [1.82, 2.24) is 5.32 Å². The zero-order valence-electron chi connectivity index (χ0n) is 21.9. The summed E-state index contributed by atoms with van der Waals surface area (Å²) in [6.07, 6.45) is -0.714. The predicted octanol–water partition coefficient (Wildman–Crippen LogP) is 5.43. The largest absolute Gasteiger partial charge is 0.444 e. The number of Topliss-reactive ketones (excluding diaryl/α,β-unsaturated/α-hetero) is 1. The lowest BCUT2D eigenvalue weighted by molar-refractivity contribution is -0.127. The maximum Gasteiger partial charge on any atom is 0.408 e. The summed E-state index contributed by atoms with van der Waals surface area (Å²) in [5, 5.41) is 2.77. The topological polar surface area (TPSA) is 83.1 Å². The summed E-state index contributed by atoms with van der Waals surface area (Å²) in [7, 11) is -5.48. The van der Waals surface area contributed by atoms with Gasteiger partial charge in [0.15, 0.2) is 5.78 Å². The van der Waals surface area contributed by atoms with E-state index in [1.807, 2.05) is 0 Å². The highest BCUT2D eigenvalue weighted by molar-refractivity contribution is 6.84. The van der Waals surface area contributed by atoms with Crippen molar-refractivity contribution in [2.24, 2.45) is 5.92 Å². The lowest BCUT2D eigenvalue weighted by Gasteiger charge is -2.51. The van der Waals surface area contributed by atoms with Gasteiger partial charge in [-0.1, -0.05) is 55.4 Å². The first-order chi connectivity index (χ1) is 14.6. The third-order valence-electron chi connectivity index (χ3n) is 6.65. The van der Waals surface area contributed by atoms with Gasteiger partial charge in [0.25, 0.3) is 0 Å². The molecule has 1 N–H and O–H groups in total. The van der Waals surface area contributed by atoms with Gasteiger partial charge in [0.05, 0.1) is 6.04 Å². The van der Waals surface area contributed by atoms with E-state index in [2.05, 4.69) is 60.7 Å². The van der Waals surface area contributed by atoms with Crippen molar-refractivity contribution in [1.29, 1.82) is 0 Å². The third-order valence-corrected chi connectivity index (χ3v) is 16.9. The molecule has 0 aromatic heterocycles. The van der Waals surface area contributed by atoms with E-state index in [1.54, 1.807) is 20.8 Å². The summed E-state index contributed by atoms with van der Waals surface area (Å²) in [6, 6.07) is -0.637. The molecule has 1 saturated heterocycles. The minimum absolute atomic E-state index is 0.102. The van der Waals surface area contributed by atoms with Crippen LogP contribution in [0.3, 0.4) is 0 Å². The second kappa shape index (κ2) is 9.86. The molecule has 2 rings (SSSR count). The molecule has 1 amide bonds. The number of carbonyl (C=O) groups excluding carboxylic acids is 2. The second-order valence-corrected chi connectivity index (χ2v) is 20.5. The number of carbonyl (C=O) groups is 2. The minimum Gasteiger partial charge on any atom is -0.444 e. The fourth-order valence-corrected chi connectivity index (χ4v) is 16.3. The van der Waals surface area contributed by atoms with Crippen LogP contribution in [-0.4, -0.2) is 53.4 Å². The average molecular weight is 488 g/mol. The van der Waals surface area contributed by atoms with Crippen LogP contribution in [0.15, 0.2) is 0 Å². The normalized spacial score (nSPS) is 28.1. The summed E-state index contributed by atoms with van der Waals surface area (Å²) >= 11 is 0. The standard InChI is InChI=1S/C23H45NO6Si2/c1-14(2)31(15(3)4)27-13-18-12-19(24-22(26)28-23(9,10)11)20(25)21(18)29-32(30-31,16(5)6)17(7)8/h14-19,21H,12-13H2,1-11H3,(H,24,26)/t18-,19?,21-/m1/s1. The van der Waals surface area contributed by atoms with Gasteiger partial charge in [-0.15, -0.1) is 0 Å². The van der Waals surface area contributed by atoms with Crippen LogP contribution in [0.5, 0.6) is 0 Å². The van der Waals surface area contributed by atoms with Crippen LogP contribution in [-0.2, 0) is 22.5 Å². The molecule has 0 spiro atoms. The highest BCUT2D eigenvalue weighted by Crippen LogP contribution is 2.48. The van der Waals surface area contributed by atoms with Crippen LogP contribution in [0.4, 0.5) is 4.79 Å². The zero-order valence-corrected chi connectivity index (χ0v) is 23.9. The van der Waals surface area contributed by atoms with Gasteiger partial charge >= 0.3 is 23.2 Å². The molecule has 2 fully saturated rings. The molecule has 0 bridgehead atoms. The Bertz CT molecular complexity index is 672. The Labute approximate surface area is 196 Å². The molecular formula is C23H45NO6Si2.